The summed E-state index contributed by atoms with van der Waals surface area (Å²) in [7, 11) is 0. The number of hydrogen-bond donors (Lipinski definition) is 2. The molecule has 1 saturated heterocycles. The standard InChI is InChI=1S/C19H36N4.HI/c1-3-12-23-13-8-17(9-14-23)22-18(20-4-2)21-15-19(10-5-11-19)16-6-7-16;/h16-17H,3-15H2,1-2H3,(H2,20,21,22);1H. The van der Waals surface area contributed by atoms with Gasteiger partial charge in [-0.25, -0.2) is 0 Å². The van der Waals surface area contributed by atoms with E-state index >= 15 is 0 Å². The van der Waals surface area contributed by atoms with Crippen LogP contribution >= 0.6 is 24.0 Å². The molecule has 0 atom stereocenters. The Balaban J connectivity index is 0.00000208. The molecular weight excluding hydrogens is 411 g/mol. The molecule has 2 N–H and O–H groups in total. The van der Waals surface area contributed by atoms with Crippen LogP contribution in [0.25, 0.3) is 0 Å². The summed E-state index contributed by atoms with van der Waals surface area (Å²) < 4.78 is 0. The lowest BCUT2D eigenvalue weighted by molar-refractivity contribution is 0.113. The minimum Gasteiger partial charge on any atom is -0.357 e. The minimum absolute atomic E-state index is 0. The molecule has 4 nitrogen and oxygen atoms in total. The van der Waals surface area contributed by atoms with Crippen LogP contribution in [0.4, 0.5) is 0 Å². The van der Waals surface area contributed by atoms with Crippen molar-refractivity contribution >= 4 is 29.9 Å². The lowest BCUT2D eigenvalue weighted by Gasteiger charge is -2.41. The van der Waals surface area contributed by atoms with E-state index < -0.39 is 0 Å². The molecule has 3 rings (SSSR count). The highest BCUT2D eigenvalue weighted by Crippen LogP contribution is 2.57. The highest BCUT2D eigenvalue weighted by molar-refractivity contribution is 14.0. The third-order valence-corrected chi connectivity index (χ3v) is 6.16. The average Bonchev–Trinajstić information content (AvgIpc) is 3.34. The Kier molecular flexibility index (Phi) is 8.11. The lowest BCUT2D eigenvalue weighted by atomic mass is 9.65. The van der Waals surface area contributed by atoms with Crippen LogP contribution in [0.5, 0.6) is 0 Å². The molecule has 2 saturated carbocycles. The van der Waals surface area contributed by atoms with Crippen molar-refractivity contribution in [1.29, 1.82) is 0 Å². The first-order chi connectivity index (χ1) is 11.3. The molecule has 0 aromatic rings. The topological polar surface area (TPSA) is 39.7 Å². The van der Waals surface area contributed by atoms with Crippen molar-refractivity contribution in [2.45, 2.75) is 71.3 Å². The van der Waals surface area contributed by atoms with Crippen LogP contribution < -0.4 is 10.6 Å². The summed E-state index contributed by atoms with van der Waals surface area (Å²) in [4.78, 5) is 7.60. The van der Waals surface area contributed by atoms with Gasteiger partial charge in [-0.2, -0.15) is 0 Å². The third kappa shape index (κ3) is 5.23. The summed E-state index contributed by atoms with van der Waals surface area (Å²) in [5, 5.41) is 7.18. The van der Waals surface area contributed by atoms with Gasteiger partial charge in [0.1, 0.15) is 0 Å². The van der Waals surface area contributed by atoms with E-state index in [9.17, 15) is 0 Å². The van der Waals surface area contributed by atoms with Gasteiger partial charge in [0, 0.05) is 32.2 Å². The van der Waals surface area contributed by atoms with Gasteiger partial charge in [0.2, 0.25) is 0 Å². The third-order valence-electron chi connectivity index (χ3n) is 6.16. The van der Waals surface area contributed by atoms with Crippen molar-refractivity contribution in [2.24, 2.45) is 16.3 Å². The Morgan fingerprint density at radius 1 is 1.12 bits per heavy atom. The molecule has 1 heterocycles. The van der Waals surface area contributed by atoms with E-state index in [4.69, 9.17) is 4.99 Å². The minimum atomic E-state index is 0. The summed E-state index contributed by atoms with van der Waals surface area (Å²) in [5.41, 5.74) is 0.576. The van der Waals surface area contributed by atoms with Crippen molar-refractivity contribution in [3.05, 3.63) is 0 Å². The second-order valence-electron chi connectivity index (χ2n) is 7.95. The molecule has 0 bridgehead atoms. The van der Waals surface area contributed by atoms with Gasteiger partial charge in [-0.15, -0.1) is 24.0 Å². The molecule has 1 aliphatic heterocycles. The van der Waals surface area contributed by atoms with Crippen LogP contribution in [-0.4, -0.2) is 49.6 Å². The molecule has 24 heavy (non-hydrogen) atoms. The molecule has 0 aromatic carbocycles. The molecular formula is C19H37IN4. The van der Waals surface area contributed by atoms with E-state index in [1.165, 1.54) is 71.0 Å². The fourth-order valence-corrected chi connectivity index (χ4v) is 4.39. The van der Waals surface area contributed by atoms with Crippen molar-refractivity contribution in [1.82, 2.24) is 15.5 Å². The van der Waals surface area contributed by atoms with E-state index in [2.05, 4.69) is 29.4 Å². The van der Waals surface area contributed by atoms with Crippen LogP contribution in [0.1, 0.15) is 65.2 Å². The molecule has 140 valence electrons. The maximum Gasteiger partial charge on any atom is 0.191 e. The summed E-state index contributed by atoms with van der Waals surface area (Å²) in [6, 6.07) is 0.596. The molecule has 0 unspecified atom stereocenters. The smallest absolute Gasteiger partial charge is 0.191 e. The van der Waals surface area contributed by atoms with Crippen LogP contribution in [0.15, 0.2) is 4.99 Å². The number of rotatable bonds is 7. The molecule has 2 aliphatic carbocycles. The zero-order valence-corrected chi connectivity index (χ0v) is 18.0. The SMILES string of the molecule is CCCN1CCC(NC(=NCC2(C3CC3)CCC2)NCC)CC1.I. The van der Waals surface area contributed by atoms with Crippen molar-refractivity contribution < 1.29 is 0 Å². The van der Waals surface area contributed by atoms with E-state index in [1.807, 2.05) is 0 Å². The second-order valence-corrected chi connectivity index (χ2v) is 7.95. The highest BCUT2D eigenvalue weighted by Gasteiger charge is 2.48. The zero-order chi connectivity index (χ0) is 16.1. The average molecular weight is 448 g/mol. The Morgan fingerprint density at radius 2 is 1.83 bits per heavy atom. The van der Waals surface area contributed by atoms with Crippen LogP contribution in [-0.2, 0) is 0 Å². The predicted molar refractivity (Wildman–Crippen MR) is 113 cm³/mol. The Hall–Kier alpha value is -0.0400. The maximum atomic E-state index is 5.00. The zero-order valence-electron chi connectivity index (χ0n) is 15.6. The van der Waals surface area contributed by atoms with Gasteiger partial charge < -0.3 is 15.5 Å². The first kappa shape index (κ1) is 20.3. The summed E-state index contributed by atoms with van der Waals surface area (Å²) in [6.07, 6.45) is 10.9. The van der Waals surface area contributed by atoms with Gasteiger partial charge in [0.05, 0.1) is 0 Å². The number of nitrogens with zero attached hydrogens (tertiary/aromatic N) is 2. The predicted octanol–water partition coefficient (Wildman–Crippen LogP) is 3.61. The van der Waals surface area contributed by atoms with E-state index in [0.29, 0.717) is 11.5 Å². The molecule has 3 aliphatic rings. The number of guanidine groups is 1. The van der Waals surface area contributed by atoms with Crippen molar-refractivity contribution in [3.63, 3.8) is 0 Å². The van der Waals surface area contributed by atoms with Gasteiger partial charge in [-0.1, -0.05) is 13.3 Å². The normalized spacial score (nSPS) is 24.8. The van der Waals surface area contributed by atoms with Crippen molar-refractivity contribution in [2.75, 3.05) is 32.7 Å². The number of likely N-dealkylation sites (tertiary alicyclic amines) is 1. The Labute approximate surface area is 165 Å². The van der Waals surface area contributed by atoms with E-state index in [-0.39, 0.29) is 24.0 Å². The summed E-state index contributed by atoms with van der Waals surface area (Å²) >= 11 is 0. The van der Waals surface area contributed by atoms with E-state index in [0.717, 1.165) is 25.0 Å². The number of hydrogen-bond acceptors (Lipinski definition) is 2. The number of halogens is 1. The second kappa shape index (κ2) is 9.60. The Bertz CT molecular complexity index is 396. The van der Waals surface area contributed by atoms with Crippen LogP contribution in [0.3, 0.4) is 0 Å². The van der Waals surface area contributed by atoms with E-state index in [1.54, 1.807) is 0 Å². The first-order valence-corrected chi connectivity index (χ1v) is 10.0. The molecule has 0 radical (unpaired) electrons. The van der Waals surface area contributed by atoms with Crippen molar-refractivity contribution in [3.8, 4) is 0 Å². The quantitative estimate of drug-likeness (QED) is 0.355. The maximum absolute atomic E-state index is 5.00. The fraction of sp³-hybridized carbons (Fsp3) is 0.947. The highest BCUT2D eigenvalue weighted by atomic mass is 127. The van der Waals surface area contributed by atoms with Gasteiger partial charge >= 0.3 is 0 Å². The summed E-state index contributed by atoms with van der Waals surface area (Å²) in [6.45, 7) is 10.2. The largest absolute Gasteiger partial charge is 0.357 e. The Morgan fingerprint density at radius 3 is 2.33 bits per heavy atom. The molecule has 0 aromatic heterocycles. The molecule has 0 spiro atoms. The lowest BCUT2D eigenvalue weighted by Crippen LogP contribution is -2.49. The van der Waals surface area contributed by atoms with Crippen LogP contribution in [0.2, 0.25) is 0 Å². The number of piperidine rings is 1. The number of nitrogens with one attached hydrogen (secondary N) is 2. The van der Waals surface area contributed by atoms with Gasteiger partial charge in [-0.3, -0.25) is 4.99 Å². The van der Waals surface area contributed by atoms with Gasteiger partial charge in [0.15, 0.2) is 5.96 Å². The molecule has 0 amide bonds. The first-order valence-electron chi connectivity index (χ1n) is 10.0. The van der Waals surface area contributed by atoms with Gasteiger partial charge in [0.25, 0.3) is 0 Å². The fourth-order valence-electron chi connectivity index (χ4n) is 4.39. The monoisotopic (exact) mass is 448 g/mol. The van der Waals surface area contributed by atoms with Crippen LogP contribution in [0, 0.1) is 11.3 Å². The number of aliphatic imine (C=N–C) groups is 1. The molecule has 3 fully saturated rings. The molecule has 5 heteroatoms. The van der Waals surface area contributed by atoms with Gasteiger partial charge in [-0.05, 0) is 69.7 Å². The summed E-state index contributed by atoms with van der Waals surface area (Å²) in [5.74, 6) is 2.05.